The second-order valence-corrected chi connectivity index (χ2v) is 3.83. The Morgan fingerprint density at radius 2 is 1.89 bits per heavy atom. The Labute approximate surface area is 103 Å². The third-order valence-electron chi connectivity index (χ3n) is 2.36. The molecular formula is C12H14F3NO2. The second kappa shape index (κ2) is 6.39. The second-order valence-electron chi connectivity index (χ2n) is 3.83. The van der Waals surface area contributed by atoms with Gasteiger partial charge >= 0.3 is 6.18 Å². The molecule has 2 N–H and O–H groups in total. The van der Waals surface area contributed by atoms with Crippen molar-refractivity contribution in [2.24, 2.45) is 0 Å². The molecule has 0 saturated carbocycles. The fourth-order valence-electron chi connectivity index (χ4n) is 1.44. The molecule has 3 nitrogen and oxygen atoms in total. The molecule has 1 rings (SSSR count). The Kier molecular flexibility index (Phi) is 5.15. The first-order valence-electron chi connectivity index (χ1n) is 5.44. The molecule has 0 unspecified atom stereocenters. The van der Waals surface area contributed by atoms with Crippen LogP contribution >= 0.6 is 0 Å². The van der Waals surface area contributed by atoms with Crippen LogP contribution in [-0.2, 0) is 4.79 Å². The maximum atomic E-state index is 11.9. The number of nitrogens with one attached hydrogen (secondary N) is 1. The van der Waals surface area contributed by atoms with Crippen molar-refractivity contribution in [3.05, 3.63) is 35.9 Å². The third kappa shape index (κ3) is 5.18. The van der Waals surface area contributed by atoms with Crippen LogP contribution in [0.25, 0.3) is 0 Å². The first-order valence-corrected chi connectivity index (χ1v) is 5.44. The van der Waals surface area contributed by atoms with Gasteiger partial charge in [-0.3, -0.25) is 4.79 Å². The highest BCUT2D eigenvalue weighted by molar-refractivity contribution is 5.76. The lowest BCUT2D eigenvalue weighted by atomic mass is 10.1. The van der Waals surface area contributed by atoms with E-state index in [1.807, 2.05) is 0 Å². The van der Waals surface area contributed by atoms with Crippen molar-refractivity contribution >= 4 is 5.91 Å². The van der Waals surface area contributed by atoms with Crippen molar-refractivity contribution in [1.29, 1.82) is 0 Å². The van der Waals surface area contributed by atoms with E-state index in [9.17, 15) is 18.0 Å². The number of alkyl halides is 3. The summed E-state index contributed by atoms with van der Waals surface area (Å²) in [6, 6.07) is 7.91. The number of benzene rings is 1. The van der Waals surface area contributed by atoms with Crippen molar-refractivity contribution in [1.82, 2.24) is 5.32 Å². The molecule has 0 aliphatic rings. The van der Waals surface area contributed by atoms with Gasteiger partial charge in [-0.2, -0.15) is 13.2 Å². The minimum atomic E-state index is -4.35. The fourth-order valence-corrected chi connectivity index (χ4v) is 1.44. The molecule has 0 heterocycles. The Morgan fingerprint density at radius 3 is 2.39 bits per heavy atom. The van der Waals surface area contributed by atoms with Crippen LogP contribution in [0.15, 0.2) is 30.3 Å². The van der Waals surface area contributed by atoms with Gasteiger partial charge in [-0.05, 0) is 5.56 Å². The number of rotatable bonds is 5. The van der Waals surface area contributed by atoms with Crippen LogP contribution < -0.4 is 5.32 Å². The van der Waals surface area contributed by atoms with E-state index < -0.39 is 31.0 Å². The number of hydrogen-bond donors (Lipinski definition) is 2. The van der Waals surface area contributed by atoms with Gasteiger partial charge in [0.15, 0.2) is 0 Å². The average Bonchev–Trinajstić information content (AvgIpc) is 2.33. The van der Waals surface area contributed by atoms with Crippen LogP contribution in [0, 0.1) is 0 Å². The van der Waals surface area contributed by atoms with Crippen molar-refractivity contribution < 1.29 is 23.1 Å². The fraction of sp³-hybridized carbons (Fsp3) is 0.417. The summed E-state index contributed by atoms with van der Waals surface area (Å²) in [4.78, 5) is 11.3. The van der Waals surface area contributed by atoms with Crippen molar-refractivity contribution in [3.63, 3.8) is 0 Å². The van der Waals surface area contributed by atoms with Gasteiger partial charge < -0.3 is 10.4 Å². The number of amides is 1. The van der Waals surface area contributed by atoms with Gasteiger partial charge in [0.1, 0.15) is 0 Å². The summed E-state index contributed by atoms with van der Waals surface area (Å²) in [5.74, 6) is -0.727. The van der Waals surface area contributed by atoms with E-state index in [2.05, 4.69) is 5.32 Å². The van der Waals surface area contributed by atoms with Gasteiger partial charge in [0, 0.05) is 6.42 Å². The molecule has 0 spiro atoms. The maximum absolute atomic E-state index is 11.9. The molecule has 0 aromatic heterocycles. The lowest BCUT2D eigenvalue weighted by Gasteiger charge is -2.17. The molecule has 0 aliphatic heterocycles. The summed E-state index contributed by atoms with van der Waals surface area (Å²) in [6.45, 7) is -0.359. The zero-order chi connectivity index (χ0) is 13.6. The molecule has 1 aromatic rings. The van der Waals surface area contributed by atoms with Gasteiger partial charge in [-0.25, -0.2) is 0 Å². The monoisotopic (exact) mass is 261 g/mol. The predicted molar refractivity (Wildman–Crippen MR) is 59.7 cm³/mol. The van der Waals surface area contributed by atoms with Crippen molar-refractivity contribution in [2.75, 3.05) is 6.61 Å². The van der Waals surface area contributed by atoms with Crippen LogP contribution in [0.1, 0.15) is 24.4 Å². The van der Waals surface area contributed by atoms with Crippen LogP contribution in [0.5, 0.6) is 0 Å². The maximum Gasteiger partial charge on any atom is 0.389 e. The zero-order valence-corrected chi connectivity index (χ0v) is 9.57. The smallest absolute Gasteiger partial charge is 0.389 e. The lowest BCUT2D eigenvalue weighted by molar-refractivity contribution is -0.144. The summed E-state index contributed by atoms with van der Waals surface area (Å²) in [5, 5.41) is 11.5. The molecule has 0 bridgehead atoms. The summed E-state index contributed by atoms with van der Waals surface area (Å²) >= 11 is 0. The van der Waals surface area contributed by atoms with Gasteiger partial charge in [0.05, 0.1) is 19.1 Å². The van der Waals surface area contributed by atoms with Gasteiger partial charge in [0.2, 0.25) is 5.91 Å². The molecule has 1 aromatic carbocycles. The van der Waals surface area contributed by atoms with E-state index in [1.165, 1.54) is 0 Å². The number of aliphatic hydroxyl groups excluding tert-OH is 1. The van der Waals surface area contributed by atoms with E-state index >= 15 is 0 Å². The van der Waals surface area contributed by atoms with Gasteiger partial charge in [0.25, 0.3) is 0 Å². The summed E-state index contributed by atoms with van der Waals surface area (Å²) in [6.07, 6.45) is -6.14. The average molecular weight is 261 g/mol. The Balaban J connectivity index is 2.51. The van der Waals surface area contributed by atoms with E-state index in [1.54, 1.807) is 30.3 Å². The zero-order valence-electron chi connectivity index (χ0n) is 9.57. The molecule has 0 saturated heterocycles. The number of carbonyl (C=O) groups is 1. The summed E-state index contributed by atoms with van der Waals surface area (Å²) in [7, 11) is 0. The Hall–Kier alpha value is -1.56. The molecule has 18 heavy (non-hydrogen) atoms. The Morgan fingerprint density at radius 1 is 1.28 bits per heavy atom. The standard InChI is InChI=1S/C12H14F3NO2/c13-12(14,15)7-6-11(18)16-10(8-17)9-4-2-1-3-5-9/h1-5,10,17H,6-8H2,(H,16,18)/t10-/m0/s1. The highest BCUT2D eigenvalue weighted by Gasteiger charge is 2.28. The quantitative estimate of drug-likeness (QED) is 0.853. The lowest BCUT2D eigenvalue weighted by Crippen LogP contribution is -2.31. The predicted octanol–water partition coefficient (Wildman–Crippen LogP) is 2.18. The van der Waals surface area contributed by atoms with Crippen LogP contribution in [0.4, 0.5) is 13.2 Å². The molecule has 100 valence electrons. The SMILES string of the molecule is O=C(CCC(F)(F)F)N[C@@H](CO)c1ccccc1. The highest BCUT2D eigenvalue weighted by Crippen LogP contribution is 2.21. The van der Waals surface area contributed by atoms with Crippen LogP contribution in [0.2, 0.25) is 0 Å². The Bertz CT molecular complexity index is 379. The number of halogens is 3. The van der Waals surface area contributed by atoms with E-state index in [0.717, 1.165) is 0 Å². The number of carbonyl (C=O) groups excluding carboxylic acids is 1. The normalized spacial score (nSPS) is 13.1. The van der Waals surface area contributed by atoms with E-state index in [0.29, 0.717) is 5.56 Å². The van der Waals surface area contributed by atoms with Gasteiger partial charge in [-0.15, -0.1) is 0 Å². The third-order valence-corrected chi connectivity index (χ3v) is 2.36. The van der Waals surface area contributed by atoms with Crippen LogP contribution in [-0.4, -0.2) is 23.8 Å². The topological polar surface area (TPSA) is 49.3 Å². The number of hydrogen-bond acceptors (Lipinski definition) is 2. The minimum Gasteiger partial charge on any atom is -0.394 e. The van der Waals surface area contributed by atoms with Crippen molar-refractivity contribution in [3.8, 4) is 0 Å². The first-order chi connectivity index (χ1) is 8.42. The summed E-state index contributed by atoms with van der Waals surface area (Å²) in [5.41, 5.74) is 0.653. The van der Waals surface area contributed by atoms with Crippen molar-refractivity contribution in [2.45, 2.75) is 25.1 Å². The molecule has 1 amide bonds. The summed E-state index contributed by atoms with van der Waals surface area (Å²) < 4.78 is 35.8. The molecule has 1 atom stereocenters. The molecular weight excluding hydrogens is 247 g/mol. The first kappa shape index (κ1) is 14.5. The van der Waals surface area contributed by atoms with E-state index in [-0.39, 0.29) is 6.61 Å². The molecule has 0 fully saturated rings. The highest BCUT2D eigenvalue weighted by atomic mass is 19.4. The minimum absolute atomic E-state index is 0.359. The molecule has 6 heteroatoms. The van der Waals surface area contributed by atoms with E-state index in [4.69, 9.17) is 5.11 Å². The van der Waals surface area contributed by atoms with Crippen LogP contribution in [0.3, 0.4) is 0 Å². The van der Waals surface area contributed by atoms with Gasteiger partial charge in [-0.1, -0.05) is 30.3 Å². The largest absolute Gasteiger partial charge is 0.394 e. The molecule has 0 radical (unpaired) electrons. The number of aliphatic hydroxyl groups is 1. The molecule has 0 aliphatic carbocycles.